The minimum absolute atomic E-state index is 0.0799. The van der Waals surface area contributed by atoms with Gasteiger partial charge >= 0.3 is 17.9 Å². The molecule has 0 amide bonds. The highest BCUT2D eigenvalue weighted by atomic mass is 16.6. The van der Waals surface area contributed by atoms with Crippen LogP contribution in [0.3, 0.4) is 0 Å². The number of hydrogen-bond acceptors (Lipinski definition) is 6. The lowest BCUT2D eigenvalue weighted by Crippen LogP contribution is -2.30. The van der Waals surface area contributed by atoms with E-state index in [1.54, 1.807) is 0 Å². The van der Waals surface area contributed by atoms with Crippen molar-refractivity contribution in [2.45, 2.75) is 264 Å². The van der Waals surface area contributed by atoms with Crippen molar-refractivity contribution in [2.75, 3.05) is 13.2 Å². The van der Waals surface area contributed by atoms with Crippen LogP contribution < -0.4 is 0 Å². The predicted molar refractivity (Wildman–Crippen MR) is 274 cm³/mol. The van der Waals surface area contributed by atoms with Gasteiger partial charge in [0.2, 0.25) is 0 Å². The van der Waals surface area contributed by atoms with Crippen molar-refractivity contribution in [1.29, 1.82) is 0 Å². The third-order valence-corrected chi connectivity index (χ3v) is 11.4. The summed E-state index contributed by atoms with van der Waals surface area (Å²) in [6.07, 6.45) is 66.3. The Hall–Kier alpha value is -3.15. The van der Waals surface area contributed by atoms with Gasteiger partial charge in [0.25, 0.3) is 0 Å². The molecule has 0 aliphatic rings. The first-order chi connectivity index (χ1) is 31.5. The Morgan fingerprint density at radius 1 is 0.328 bits per heavy atom. The largest absolute Gasteiger partial charge is 0.462 e. The summed E-state index contributed by atoms with van der Waals surface area (Å²) in [7, 11) is 0. The molecule has 0 aromatic carbocycles. The van der Waals surface area contributed by atoms with E-state index >= 15 is 0 Å². The molecule has 368 valence electrons. The van der Waals surface area contributed by atoms with E-state index in [0.29, 0.717) is 19.3 Å². The van der Waals surface area contributed by atoms with E-state index in [4.69, 9.17) is 14.2 Å². The zero-order chi connectivity index (χ0) is 46.5. The first kappa shape index (κ1) is 60.9. The molecular weight excluding hydrogens is 793 g/mol. The van der Waals surface area contributed by atoms with Crippen LogP contribution in [0.25, 0.3) is 0 Å². The Morgan fingerprint density at radius 2 is 0.609 bits per heavy atom. The molecule has 0 saturated carbocycles. The van der Waals surface area contributed by atoms with Crippen molar-refractivity contribution in [3.8, 4) is 0 Å². The molecule has 6 heteroatoms. The smallest absolute Gasteiger partial charge is 0.306 e. The molecule has 0 spiro atoms. The van der Waals surface area contributed by atoms with E-state index in [1.165, 1.54) is 109 Å². The summed E-state index contributed by atoms with van der Waals surface area (Å²) in [6.45, 7) is 6.45. The van der Waals surface area contributed by atoms with Crippen LogP contribution in [-0.4, -0.2) is 37.2 Å². The highest BCUT2D eigenvalue weighted by molar-refractivity contribution is 5.71. The summed E-state index contributed by atoms with van der Waals surface area (Å²) in [5, 5.41) is 0. The third kappa shape index (κ3) is 49.9. The Balaban J connectivity index is 4.17. The van der Waals surface area contributed by atoms with E-state index in [-0.39, 0.29) is 31.1 Å². The predicted octanol–water partition coefficient (Wildman–Crippen LogP) is 17.8. The average Bonchev–Trinajstić information content (AvgIpc) is 3.29. The molecule has 0 aromatic rings. The maximum atomic E-state index is 12.7. The van der Waals surface area contributed by atoms with Gasteiger partial charge in [-0.2, -0.15) is 0 Å². The minimum Gasteiger partial charge on any atom is -0.462 e. The average molecular weight is 893 g/mol. The van der Waals surface area contributed by atoms with Crippen LogP contribution in [-0.2, 0) is 28.6 Å². The highest BCUT2D eigenvalue weighted by Crippen LogP contribution is 2.14. The van der Waals surface area contributed by atoms with Gasteiger partial charge in [-0.25, -0.2) is 0 Å². The monoisotopic (exact) mass is 893 g/mol. The Morgan fingerprint density at radius 3 is 0.969 bits per heavy atom. The van der Waals surface area contributed by atoms with Crippen LogP contribution >= 0.6 is 0 Å². The number of esters is 3. The summed E-state index contributed by atoms with van der Waals surface area (Å²) >= 11 is 0. The molecule has 0 aromatic heterocycles. The molecule has 6 nitrogen and oxygen atoms in total. The van der Waals surface area contributed by atoms with Crippen LogP contribution in [0, 0.1) is 0 Å². The van der Waals surface area contributed by atoms with Crippen molar-refractivity contribution >= 4 is 17.9 Å². The first-order valence-electron chi connectivity index (χ1n) is 26.9. The Labute approximate surface area is 395 Å². The van der Waals surface area contributed by atoms with Crippen LogP contribution in [0.2, 0.25) is 0 Å². The fraction of sp³-hybridized carbons (Fsp3) is 0.741. The number of carbonyl (C=O) groups excluding carboxylic acids is 3. The summed E-state index contributed by atoms with van der Waals surface area (Å²) in [5.74, 6) is -0.901. The normalized spacial score (nSPS) is 12.6. The molecule has 0 N–H and O–H groups in total. The topological polar surface area (TPSA) is 78.9 Å². The molecule has 0 bridgehead atoms. The van der Waals surface area contributed by atoms with Gasteiger partial charge in [0.1, 0.15) is 13.2 Å². The first-order valence-corrected chi connectivity index (χ1v) is 26.9. The van der Waals surface area contributed by atoms with E-state index in [2.05, 4.69) is 93.7 Å². The molecule has 0 fully saturated rings. The quantitative estimate of drug-likeness (QED) is 0.0262. The maximum absolute atomic E-state index is 12.7. The molecule has 64 heavy (non-hydrogen) atoms. The van der Waals surface area contributed by atoms with E-state index < -0.39 is 6.10 Å². The second kappa shape index (κ2) is 52.5. The molecule has 0 radical (unpaired) electrons. The zero-order valence-corrected chi connectivity index (χ0v) is 42.0. The van der Waals surface area contributed by atoms with Crippen LogP contribution in [0.15, 0.2) is 72.9 Å². The van der Waals surface area contributed by atoms with Gasteiger partial charge in [0, 0.05) is 19.3 Å². The summed E-state index contributed by atoms with van der Waals surface area (Å²) in [4.78, 5) is 37.8. The van der Waals surface area contributed by atoms with Crippen LogP contribution in [0.4, 0.5) is 0 Å². The molecule has 1 atom stereocenters. The number of hydrogen-bond donors (Lipinski definition) is 0. The lowest BCUT2D eigenvalue weighted by Gasteiger charge is -2.18. The molecule has 0 aliphatic heterocycles. The van der Waals surface area contributed by atoms with Gasteiger partial charge in [-0.15, -0.1) is 0 Å². The molecule has 0 heterocycles. The van der Waals surface area contributed by atoms with Gasteiger partial charge in [-0.05, 0) is 89.9 Å². The van der Waals surface area contributed by atoms with Crippen molar-refractivity contribution < 1.29 is 28.6 Å². The van der Waals surface area contributed by atoms with Gasteiger partial charge < -0.3 is 14.2 Å². The Kier molecular flexibility index (Phi) is 49.9. The SMILES string of the molecule is CC/C=C\C/C=C\C/C=C\C/C=C\C/C=C\CCCCCCCCCCCC(=O)OCC(COC(=O)CCCCCCCC)OC(=O)CCCCCCC/C=C\CCCCCCCC. The number of carbonyl (C=O) groups is 3. The van der Waals surface area contributed by atoms with Crippen molar-refractivity contribution in [3.05, 3.63) is 72.9 Å². The van der Waals surface area contributed by atoms with E-state index in [1.807, 2.05) is 0 Å². The number of ether oxygens (including phenoxy) is 3. The minimum atomic E-state index is -0.778. The summed E-state index contributed by atoms with van der Waals surface area (Å²) in [5.41, 5.74) is 0. The Bertz CT molecular complexity index is 1210. The van der Waals surface area contributed by atoms with Gasteiger partial charge in [0.15, 0.2) is 6.10 Å². The second-order valence-corrected chi connectivity index (χ2v) is 17.8. The fourth-order valence-electron chi connectivity index (χ4n) is 7.40. The molecule has 1 unspecified atom stereocenters. The zero-order valence-electron chi connectivity index (χ0n) is 42.0. The molecule has 0 saturated heterocycles. The molecule has 0 rings (SSSR count). The summed E-state index contributed by atoms with van der Waals surface area (Å²) in [6, 6.07) is 0. The lowest BCUT2D eigenvalue weighted by molar-refractivity contribution is -0.167. The maximum Gasteiger partial charge on any atom is 0.306 e. The van der Waals surface area contributed by atoms with Gasteiger partial charge in [-0.3, -0.25) is 14.4 Å². The van der Waals surface area contributed by atoms with Crippen molar-refractivity contribution in [1.82, 2.24) is 0 Å². The van der Waals surface area contributed by atoms with Crippen LogP contribution in [0.1, 0.15) is 258 Å². The third-order valence-electron chi connectivity index (χ3n) is 11.4. The molecular formula is C58H100O6. The number of rotatable bonds is 48. The molecule has 0 aliphatic carbocycles. The van der Waals surface area contributed by atoms with E-state index in [9.17, 15) is 14.4 Å². The number of unbranched alkanes of at least 4 members (excludes halogenated alkanes) is 25. The van der Waals surface area contributed by atoms with Gasteiger partial charge in [0.05, 0.1) is 0 Å². The van der Waals surface area contributed by atoms with E-state index in [0.717, 1.165) is 109 Å². The lowest BCUT2D eigenvalue weighted by atomic mass is 10.1. The standard InChI is InChI=1S/C58H100O6/c1-4-7-10-13-16-18-20-22-24-25-26-27-28-29-30-31-32-33-35-36-38-40-42-45-48-51-57(60)63-54-55(53-62-56(59)50-47-44-15-12-9-6-3)64-58(61)52-49-46-43-41-39-37-34-23-21-19-17-14-11-8-5-2/h7,10,16,18,22-24,26-27,29-30,34,55H,4-6,8-9,11-15,17,19-21,25,28,31-33,35-54H2,1-3H3/b10-7-,18-16-,24-22-,27-26-,30-29-,34-23-. The van der Waals surface area contributed by atoms with Crippen LogP contribution in [0.5, 0.6) is 0 Å². The number of allylic oxidation sites excluding steroid dienone is 12. The highest BCUT2D eigenvalue weighted by Gasteiger charge is 2.19. The van der Waals surface area contributed by atoms with Crippen molar-refractivity contribution in [2.24, 2.45) is 0 Å². The van der Waals surface area contributed by atoms with Gasteiger partial charge in [-0.1, -0.05) is 222 Å². The second-order valence-electron chi connectivity index (χ2n) is 17.8. The fourth-order valence-corrected chi connectivity index (χ4v) is 7.40. The van der Waals surface area contributed by atoms with Crippen molar-refractivity contribution in [3.63, 3.8) is 0 Å². The summed E-state index contributed by atoms with van der Waals surface area (Å²) < 4.78 is 16.7.